The Morgan fingerprint density at radius 1 is 0.339 bits per heavy atom. The summed E-state index contributed by atoms with van der Waals surface area (Å²) in [5.41, 5.74) is 28.1. The van der Waals surface area contributed by atoms with Gasteiger partial charge in [0.15, 0.2) is 47.1 Å². The molecule has 22 rings (SSSR count). The summed E-state index contributed by atoms with van der Waals surface area (Å²) in [5, 5.41) is 13.0. The molecular formula is C106H100N8O4+4. The van der Waals surface area contributed by atoms with E-state index in [9.17, 15) is 0 Å². The molecule has 2 aliphatic carbocycles. The first-order valence-electron chi connectivity index (χ1n) is 43.1. The van der Waals surface area contributed by atoms with E-state index in [2.05, 4.69) is 246 Å². The Morgan fingerprint density at radius 3 is 0.924 bits per heavy atom. The summed E-state index contributed by atoms with van der Waals surface area (Å²) in [6.45, 7) is 19.0. The lowest BCUT2D eigenvalue weighted by Gasteiger charge is -2.21. The van der Waals surface area contributed by atoms with Gasteiger partial charge in [-0.15, -0.1) is 0 Å². The Kier molecular flexibility index (Phi) is 18.5. The van der Waals surface area contributed by atoms with E-state index in [1.165, 1.54) is 28.7 Å². The molecule has 0 atom stereocenters. The lowest BCUT2D eigenvalue weighted by molar-refractivity contribution is -0.661. The highest BCUT2D eigenvalue weighted by Gasteiger charge is 2.30. The minimum atomic E-state index is -0.638. The molecule has 12 aromatic heterocycles. The van der Waals surface area contributed by atoms with Gasteiger partial charge in [-0.1, -0.05) is 188 Å². The summed E-state index contributed by atoms with van der Waals surface area (Å²) in [6.07, 6.45) is 18.2. The topological polar surface area (TPSA) is 120 Å². The molecule has 2 aliphatic rings. The van der Waals surface area contributed by atoms with Crippen LogP contribution < -0.4 is 18.3 Å². The number of aryl methyl sites for hydroxylation is 8. The van der Waals surface area contributed by atoms with E-state index in [4.69, 9.17) is 41.7 Å². The van der Waals surface area contributed by atoms with Crippen LogP contribution in [0.15, 0.2) is 261 Å². The molecule has 12 nitrogen and oxygen atoms in total. The third-order valence-electron chi connectivity index (χ3n) is 24.7. The standard InChI is InChI=1S/C28H27N2O.C27H25N2O.C26H25N2O.C25H23N2O/c1-18-12-14-22-23-16-20-10-6-7-11-24(20)29-28(23)31-27(22)26(18)25-15-13-21(17-30(25)2)19-8-4-3-5-9-19;1-17-11-13-21-22-15-19-9-5-6-10-23(19)28-27(22)30-26(21)25(17)24-14-12-20(16-29(24)2)18-7-3-4-8-18;1-16-10-12-19-20-14-17-8-6-7-9-21(17)27-25(20)29-24(19)23(16)22-13-11-18(15-28(22)5)26(2,3)4;1-15(2)18-10-12-22(27(4)14-18)23-16(3)9-11-19-20-13-17-7-5-6-8-21(17)26-25(20)28-24(19)23/h6-7,10-17,19H,3-5,8-9H2,1-2H3;5-6,9-16,18H,3-4,7-8H2,1-2H3;6-15H,1-5H3;5-15H,1-4H3/q4*+1/i19D;18D;;15D. The molecule has 0 radical (unpaired) electrons. The van der Waals surface area contributed by atoms with Crippen molar-refractivity contribution in [2.45, 2.75) is 143 Å². The minimum Gasteiger partial charge on any atom is -0.437 e. The molecule has 0 N–H and O–H groups in total. The van der Waals surface area contributed by atoms with Gasteiger partial charge < -0.3 is 17.7 Å². The minimum absolute atomic E-state index is 0.112. The molecule has 2 saturated carbocycles. The van der Waals surface area contributed by atoms with Crippen molar-refractivity contribution < 1.29 is 40.0 Å². The van der Waals surface area contributed by atoms with Crippen LogP contribution in [0.4, 0.5) is 0 Å². The van der Waals surface area contributed by atoms with E-state index in [-0.39, 0.29) is 5.41 Å². The molecule has 0 bridgehead atoms. The van der Waals surface area contributed by atoms with Crippen LogP contribution in [0.2, 0.25) is 0 Å². The number of para-hydroxylation sites is 4. The Morgan fingerprint density at radius 2 is 0.627 bits per heavy atom. The van der Waals surface area contributed by atoms with Crippen LogP contribution in [0.3, 0.4) is 0 Å². The van der Waals surface area contributed by atoms with E-state index in [1.807, 2.05) is 106 Å². The molecule has 0 saturated heterocycles. The van der Waals surface area contributed by atoms with Crippen molar-refractivity contribution in [3.63, 3.8) is 0 Å². The first-order chi connectivity index (χ1) is 58.2. The van der Waals surface area contributed by atoms with Gasteiger partial charge in [-0.25, -0.2) is 38.2 Å². The van der Waals surface area contributed by atoms with Crippen molar-refractivity contribution in [1.29, 1.82) is 0 Å². The molecule has 0 amide bonds. The van der Waals surface area contributed by atoms with E-state index < -0.39 is 17.7 Å². The van der Waals surface area contributed by atoms with Crippen LogP contribution in [0.1, 0.15) is 159 Å². The monoisotopic (exact) mass is 1550 g/mol. The summed E-state index contributed by atoms with van der Waals surface area (Å²) in [6, 6.07) is 75.7. The fourth-order valence-corrected chi connectivity index (χ4v) is 18.1. The molecule has 584 valence electrons. The molecule has 118 heavy (non-hydrogen) atoms. The first kappa shape index (κ1) is 71.7. The van der Waals surface area contributed by atoms with Crippen molar-refractivity contribution in [2.75, 3.05) is 0 Å². The zero-order chi connectivity index (χ0) is 83.7. The summed E-state index contributed by atoms with van der Waals surface area (Å²) >= 11 is 0. The van der Waals surface area contributed by atoms with Crippen molar-refractivity contribution in [1.82, 2.24) is 19.9 Å². The number of furan rings is 4. The lowest BCUT2D eigenvalue weighted by Crippen LogP contribution is -2.33. The fourth-order valence-electron chi connectivity index (χ4n) is 18.1. The second-order valence-corrected chi connectivity index (χ2v) is 34.0. The van der Waals surface area contributed by atoms with Gasteiger partial charge >= 0.3 is 0 Å². The van der Waals surface area contributed by atoms with E-state index >= 15 is 0 Å². The second-order valence-electron chi connectivity index (χ2n) is 34.0. The Bertz CT molecular complexity index is 7360. The molecule has 12 heterocycles. The lowest BCUT2D eigenvalue weighted by atomic mass is 9.84. The van der Waals surface area contributed by atoms with Crippen LogP contribution in [0.25, 0.3) is 177 Å². The number of benzene rings is 8. The second kappa shape index (κ2) is 30.4. The number of aromatic nitrogens is 8. The Hall–Kier alpha value is -12.8. The number of nitrogens with zero attached hydrogens (tertiary/aromatic N) is 8. The molecule has 0 aliphatic heterocycles. The smallest absolute Gasteiger partial charge is 0.227 e. The number of hydrogen-bond acceptors (Lipinski definition) is 8. The van der Waals surface area contributed by atoms with Crippen LogP contribution >= 0.6 is 0 Å². The van der Waals surface area contributed by atoms with Gasteiger partial charge in [-0.05, 0) is 172 Å². The third kappa shape index (κ3) is 13.7. The number of rotatable bonds is 7. The maximum absolute atomic E-state index is 9.01. The van der Waals surface area contributed by atoms with Crippen molar-refractivity contribution >= 4 is 132 Å². The highest BCUT2D eigenvalue weighted by molar-refractivity contribution is 6.15. The zero-order valence-electron chi connectivity index (χ0n) is 72.7. The summed E-state index contributed by atoms with van der Waals surface area (Å²) in [5.74, 6) is -1.54. The fraction of sp³-hybridized carbons (Fsp3) is 0.245. The Balaban J connectivity index is 0.000000107. The normalized spacial score (nSPS) is 14.7. The van der Waals surface area contributed by atoms with Crippen LogP contribution in [-0.4, -0.2) is 19.9 Å². The first-order valence-corrected chi connectivity index (χ1v) is 41.6. The van der Waals surface area contributed by atoms with Gasteiger partial charge in [0.2, 0.25) is 45.6 Å². The van der Waals surface area contributed by atoms with Crippen molar-refractivity contribution in [3.8, 4) is 45.0 Å². The average molecular weight is 1550 g/mol. The van der Waals surface area contributed by atoms with Gasteiger partial charge in [0.05, 0.1) is 44.3 Å². The number of pyridine rings is 8. The molecule has 2 fully saturated rings. The SMILES string of the molecule is Cc1ccc2c(oc3nc4ccccc4cc32)c1-c1ccc(C(C)(C)C)c[n+]1C.[2H]C(C)(C)c1ccc(-c2c(C)ccc3c2oc2nc4ccccc4cc23)[n+](C)c1.[2H]C1(c2ccc(-c3c(C)ccc4c3oc3nc5ccccc5cc34)[n+](C)c2)CCCC1.[2H]C1(c2ccc(-c3c(C)ccc4c3oc3nc5ccccc5cc34)[n+](C)c2)CCCCC1. The summed E-state index contributed by atoms with van der Waals surface area (Å²) in [4.78, 5) is 19.1. The highest BCUT2D eigenvalue weighted by Crippen LogP contribution is 2.44. The average Bonchev–Trinajstić information content (AvgIpc) is 1.60. The molecule has 20 aromatic rings. The summed E-state index contributed by atoms with van der Waals surface area (Å²) < 4.78 is 60.2. The Labute approximate surface area is 691 Å². The molecule has 12 heteroatoms. The quantitative estimate of drug-likeness (QED) is 0.145. The van der Waals surface area contributed by atoms with E-state index in [1.54, 1.807) is 0 Å². The third-order valence-corrected chi connectivity index (χ3v) is 24.7. The van der Waals surface area contributed by atoms with Gasteiger partial charge in [0.25, 0.3) is 0 Å². The van der Waals surface area contributed by atoms with Crippen LogP contribution in [0.5, 0.6) is 0 Å². The number of hydrogen-bond donors (Lipinski definition) is 0. The zero-order valence-corrected chi connectivity index (χ0v) is 69.7. The van der Waals surface area contributed by atoms with Gasteiger partial charge in [-0.3, -0.25) is 0 Å². The summed E-state index contributed by atoms with van der Waals surface area (Å²) in [7, 11) is 8.29. The molecule has 0 spiro atoms. The van der Waals surface area contributed by atoms with E-state index in [0.29, 0.717) is 22.9 Å². The number of fused-ring (bicyclic) bond motifs is 16. The van der Waals surface area contributed by atoms with E-state index in [0.717, 1.165) is 228 Å². The van der Waals surface area contributed by atoms with Crippen LogP contribution in [0, 0.1) is 27.7 Å². The van der Waals surface area contributed by atoms with Crippen LogP contribution in [-0.2, 0) is 33.6 Å². The maximum atomic E-state index is 9.01. The maximum Gasteiger partial charge on any atom is 0.227 e. The van der Waals surface area contributed by atoms with Gasteiger partial charge in [0.1, 0.15) is 28.2 Å². The van der Waals surface area contributed by atoms with Crippen molar-refractivity contribution in [3.05, 3.63) is 288 Å². The largest absolute Gasteiger partial charge is 0.437 e. The van der Waals surface area contributed by atoms with Gasteiger partial charge in [-0.2, -0.15) is 0 Å². The van der Waals surface area contributed by atoms with Crippen molar-refractivity contribution in [2.24, 2.45) is 28.2 Å². The highest BCUT2D eigenvalue weighted by atomic mass is 16.4. The van der Waals surface area contributed by atoms with Gasteiger partial charge in [0, 0.05) is 115 Å². The predicted octanol–water partition coefficient (Wildman–Crippen LogP) is 25.9. The molecule has 0 unspecified atom stereocenters. The molecule has 8 aromatic carbocycles. The molecular weight excluding hydrogens is 1450 g/mol. The predicted molar refractivity (Wildman–Crippen MR) is 481 cm³/mol.